The Morgan fingerprint density at radius 1 is 0.792 bits per heavy atom. The fourth-order valence-electron chi connectivity index (χ4n) is 2.38. The van der Waals surface area contributed by atoms with Crippen molar-refractivity contribution in [1.82, 2.24) is 0 Å². The highest BCUT2D eigenvalue weighted by Crippen LogP contribution is 2.47. The molecule has 0 bridgehead atoms. The van der Waals surface area contributed by atoms with Gasteiger partial charge in [-0.2, -0.15) is 0 Å². The summed E-state index contributed by atoms with van der Waals surface area (Å²) in [5.74, 6) is 0. The molecule has 0 amide bonds. The lowest BCUT2D eigenvalue weighted by molar-refractivity contribution is -0.146. The van der Waals surface area contributed by atoms with E-state index >= 15 is 0 Å². The van der Waals surface area contributed by atoms with Crippen molar-refractivity contribution in [2.24, 2.45) is 0 Å². The Labute approximate surface area is 158 Å². The topological polar surface area (TPSA) is 18.5 Å². The van der Waals surface area contributed by atoms with E-state index in [9.17, 15) is 0 Å². The first kappa shape index (κ1) is 26.6. The van der Waals surface area contributed by atoms with E-state index in [-0.39, 0.29) is 18.7 Å². The first-order valence-electron chi connectivity index (χ1n) is 9.68. The SMILES string of the molecule is CCCOC(CCCCC/C=C/CCC[P+](C)(C)C)OCCC.[Cl-]. The summed E-state index contributed by atoms with van der Waals surface area (Å²) in [6, 6.07) is 0. The number of allylic oxidation sites excluding steroid dienone is 2. The maximum Gasteiger partial charge on any atom is 0.157 e. The third kappa shape index (κ3) is 20.4. The first-order valence-corrected chi connectivity index (χ1v) is 13.0. The Bertz CT molecular complexity index is 269. The van der Waals surface area contributed by atoms with Crippen LogP contribution in [0.25, 0.3) is 0 Å². The molecule has 0 aromatic rings. The Morgan fingerprint density at radius 3 is 1.83 bits per heavy atom. The smallest absolute Gasteiger partial charge is 0.157 e. The zero-order valence-corrected chi connectivity index (χ0v) is 18.5. The van der Waals surface area contributed by atoms with E-state index in [1.807, 2.05) is 0 Å². The van der Waals surface area contributed by atoms with Gasteiger partial charge in [-0.1, -0.05) is 32.4 Å². The summed E-state index contributed by atoms with van der Waals surface area (Å²) in [5.41, 5.74) is 0. The second-order valence-electron chi connectivity index (χ2n) is 7.44. The van der Waals surface area contributed by atoms with Crippen LogP contribution in [0.3, 0.4) is 0 Å². The quantitative estimate of drug-likeness (QED) is 0.177. The number of hydrogen-bond acceptors (Lipinski definition) is 2. The summed E-state index contributed by atoms with van der Waals surface area (Å²) < 4.78 is 11.5. The van der Waals surface area contributed by atoms with Crippen LogP contribution in [0.15, 0.2) is 12.2 Å². The van der Waals surface area contributed by atoms with E-state index in [0.29, 0.717) is 0 Å². The zero-order chi connectivity index (χ0) is 17.4. The van der Waals surface area contributed by atoms with Crippen molar-refractivity contribution in [1.29, 1.82) is 0 Å². The van der Waals surface area contributed by atoms with Gasteiger partial charge in [0.1, 0.15) is 0 Å². The van der Waals surface area contributed by atoms with Crippen molar-refractivity contribution in [3.8, 4) is 0 Å². The average Bonchev–Trinajstić information content (AvgIpc) is 2.49. The summed E-state index contributed by atoms with van der Waals surface area (Å²) in [6.45, 7) is 13.2. The molecule has 0 saturated heterocycles. The third-order valence-corrected chi connectivity index (χ3v) is 5.35. The van der Waals surface area contributed by atoms with Crippen LogP contribution in [0, 0.1) is 0 Å². The Hall–Kier alpha value is 0.380. The average molecular weight is 381 g/mol. The molecule has 4 heteroatoms. The molecule has 2 nitrogen and oxygen atoms in total. The second kappa shape index (κ2) is 18.2. The summed E-state index contributed by atoms with van der Waals surface area (Å²) in [4.78, 5) is 0. The number of unbranched alkanes of at least 4 members (excludes halogenated alkanes) is 4. The highest BCUT2D eigenvalue weighted by Gasteiger charge is 2.14. The monoisotopic (exact) mass is 380 g/mol. The molecule has 0 unspecified atom stereocenters. The van der Waals surface area contributed by atoms with Gasteiger partial charge in [-0.15, -0.1) is 0 Å². The van der Waals surface area contributed by atoms with Gasteiger partial charge in [0.05, 0.1) is 6.16 Å². The van der Waals surface area contributed by atoms with Gasteiger partial charge >= 0.3 is 0 Å². The minimum atomic E-state index is -0.570. The van der Waals surface area contributed by atoms with Crippen LogP contribution in [0.1, 0.15) is 71.6 Å². The molecule has 0 radical (unpaired) electrons. The number of hydrogen-bond donors (Lipinski definition) is 0. The van der Waals surface area contributed by atoms with Gasteiger partial charge in [0.25, 0.3) is 0 Å². The number of halogens is 1. The molecular formula is C20H42ClO2P. The van der Waals surface area contributed by atoms with Gasteiger partial charge in [-0.05, 0) is 51.4 Å². The molecule has 0 aliphatic rings. The van der Waals surface area contributed by atoms with Crippen molar-refractivity contribution in [2.75, 3.05) is 39.4 Å². The van der Waals surface area contributed by atoms with Gasteiger partial charge in [-0.3, -0.25) is 0 Å². The highest BCUT2D eigenvalue weighted by molar-refractivity contribution is 7.73. The lowest BCUT2D eigenvalue weighted by Crippen LogP contribution is -3.00. The molecule has 0 aliphatic carbocycles. The molecule has 0 aromatic carbocycles. The maximum atomic E-state index is 5.76. The molecule has 0 spiro atoms. The molecule has 0 rings (SSSR count). The zero-order valence-electron chi connectivity index (χ0n) is 16.9. The Morgan fingerprint density at radius 2 is 1.33 bits per heavy atom. The van der Waals surface area contributed by atoms with Gasteiger partial charge in [-0.25, -0.2) is 0 Å². The minimum Gasteiger partial charge on any atom is -1.00 e. The van der Waals surface area contributed by atoms with Crippen molar-refractivity contribution in [3.05, 3.63) is 12.2 Å². The van der Waals surface area contributed by atoms with Gasteiger partial charge in [0.2, 0.25) is 0 Å². The summed E-state index contributed by atoms with van der Waals surface area (Å²) in [5, 5.41) is 0. The van der Waals surface area contributed by atoms with Crippen LogP contribution in [-0.2, 0) is 9.47 Å². The standard InChI is InChI=1S/C20H42O2P.ClH/c1-6-17-21-20(22-18-7-2)16-14-12-10-8-9-11-13-15-19-23(3,4)5;/h9,11,20H,6-8,10,12-19H2,1-5H3;1H/q+1;/p-1/b11-9+;. The van der Waals surface area contributed by atoms with Crippen molar-refractivity contribution in [2.45, 2.75) is 77.9 Å². The predicted molar refractivity (Wildman–Crippen MR) is 107 cm³/mol. The first-order chi connectivity index (χ1) is 11.0. The Balaban J connectivity index is 0. The van der Waals surface area contributed by atoms with E-state index in [0.717, 1.165) is 32.5 Å². The van der Waals surface area contributed by atoms with Gasteiger partial charge < -0.3 is 21.9 Å². The minimum absolute atomic E-state index is 0. The predicted octanol–water partition coefficient (Wildman–Crippen LogP) is 3.36. The molecule has 0 fully saturated rings. The largest absolute Gasteiger partial charge is 1.00 e. The normalized spacial score (nSPS) is 12.1. The second-order valence-corrected chi connectivity index (χ2v) is 12.5. The van der Waals surface area contributed by atoms with E-state index in [4.69, 9.17) is 9.47 Å². The Kier molecular flexibility index (Phi) is 20.2. The van der Waals surface area contributed by atoms with E-state index in [1.165, 1.54) is 44.7 Å². The van der Waals surface area contributed by atoms with Crippen molar-refractivity contribution >= 4 is 7.26 Å². The van der Waals surface area contributed by atoms with Crippen LogP contribution < -0.4 is 12.4 Å². The molecule has 0 aliphatic heterocycles. The fourth-order valence-corrected chi connectivity index (χ4v) is 3.51. The summed E-state index contributed by atoms with van der Waals surface area (Å²) in [6.07, 6.45) is 17.0. The molecule has 0 N–H and O–H groups in total. The summed E-state index contributed by atoms with van der Waals surface area (Å²) in [7, 11) is -0.570. The fraction of sp³-hybridized carbons (Fsp3) is 0.900. The lowest BCUT2D eigenvalue weighted by Gasteiger charge is -2.17. The van der Waals surface area contributed by atoms with Crippen LogP contribution in [-0.4, -0.2) is 45.7 Å². The van der Waals surface area contributed by atoms with Crippen LogP contribution >= 0.6 is 7.26 Å². The van der Waals surface area contributed by atoms with Gasteiger partial charge in [0, 0.05) is 40.5 Å². The molecule has 0 saturated carbocycles. The van der Waals surface area contributed by atoms with Crippen molar-refractivity contribution < 1.29 is 21.9 Å². The van der Waals surface area contributed by atoms with Crippen LogP contribution in [0.5, 0.6) is 0 Å². The summed E-state index contributed by atoms with van der Waals surface area (Å²) >= 11 is 0. The molecular weight excluding hydrogens is 339 g/mol. The third-order valence-electron chi connectivity index (χ3n) is 3.69. The van der Waals surface area contributed by atoms with Gasteiger partial charge in [0.15, 0.2) is 6.29 Å². The van der Waals surface area contributed by atoms with Crippen molar-refractivity contribution in [3.63, 3.8) is 0 Å². The molecule has 0 atom stereocenters. The lowest BCUT2D eigenvalue weighted by atomic mass is 10.1. The van der Waals surface area contributed by atoms with E-state index in [1.54, 1.807) is 0 Å². The maximum absolute atomic E-state index is 5.76. The molecule has 24 heavy (non-hydrogen) atoms. The van der Waals surface area contributed by atoms with E-state index in [2.05, 4.69) is 46.0 Å². The number of ether oxygens (including phenoxy) is 2. The van der Waals surface area contributed by atoms with Crippen LogP contribution in [0.2, 0.25) is 0 Å². The highest BCUT2D eigenvalue weighted by atomic mass is 35.5. The van der Waals surface area contributed by atoms with Crippen LogP contribution in [0.4, 0.5) is 0 Å². The number of rotatable bonds is 16. The molecule has 0 heterocycles. The van der Waals surface area contributed by atoms with E-state index < -0.39 is 7.26 Å². The molecule has 0 aromatic heterocycles. The molecule has 146 valence electrons.